The summed E-state index contributed by atoms with van der Waals surface area (Å²) in [6.07, 6.45) is 1.16. The summed E-state index contributed by atoms with van der Waals surface area (Å²) in [6.45, 7) is 4.38. The summed E-state index contributed by atoms with van der Waals surface area (Å²) >= 11 is 1.84. The lowest BCUT2D eigenvalue weighted by Gasteiger charge is -2.12. The minimum atomic E-state index is 0.551. The van der Waals surface area contributed by atoms with Gasteiger partial charge in [0.2, 0.25) is 0 Å². The molecule has 1 N–H and O–H groups in total. The largest absolute Gasteiger partial charge is 0.312 e. The van der Waals surface area contributed by atoms with Crippen molar-refractivity contribution in [3.8, 4) is 0 Å². The number of nitrogens with one attached hydrogen (secondary N) is 1. The smallest absolute Gasteiger partial charge is 0.0412 e. The molecule has 62 valence electrons. The van der Waals surface area contributed by atoms with E-state index >= 15 is 0 Å². The van der Waals surface area contributed by atoms with Crippen molar-refractivity contribution in [2.45, 2.75) is 26.3 Å². The van der Waals surface area contributed by atoms with Crippen LogP contribution in [0.3, 0.4) is 0 Å². The third-order valence-electron chi connectivity index (χ3n) is 1.97. The summed E-state index contributed by atoms with van der Waals surface area (Å²) in [5, 5.41) is 5.46. The first kappa shape index (κ1) is 8.75. The molecule has 0 saturated carbocycles. The van der Waals surface area contributed by atoms with Crippen LogP contribution in [-0.2, 0) is 0 Å². The number of thiophene rings is 1. The molecule has 0 spiro atoms. The van der Waals surface area contributed by atoms with Crippen LogP contribution in [0.15, 0.2) is 11.4 Å². The third kappa shape index (κ3) is 1.82. The van der Waals surface area contributed by atoms with Crippen molar-refractivity contribution in [3.05, 3.63) is 21.9 Å². The topological polar surface area (TPSA) is 12.0 Å². The van der Waals surface area contributed by atoms with E-state index in [4.69, 9.17) is 0 Å². The highest BCUT2D eigenvalue weighted by Gasteiger charge is 2.09. The first-order chi connectivity index (χ1) is 5.29. The van der Waals surface area contributed by atoms with Crippen LogP contribution >= 0.6 is 11.3 Å². The summed E-state index contributed by atoms with van der Waals surface area (Å²) in [6, 6.07) is 2.73. The predicted octanol–water partition coefficient (Wildman–Crippen LogP) is 2.73. The maximum atomic E-state index is 3.31. The summed E-state index contributed by atoms with van der Waals surface area (Å²) in [5.74, 6) is 0. The second kappa shape index (κ2) is 3.88. The molecule has 0 aromatic carbocycles. The van der Waals surface area contributed by atoms with Crippen LogP contribution in [0, 0.1) is 6.92 Å². The lowest BCUT2D eigenvalue weighted by atomic mass is 10.1. The second-order valence-electron chi connectivity index (χ2n) is 2.72. The molecule has 0 bridgehead atoms. The number of hydrogen-bond acceptors (Lipinski definition) is 2. The van der Waals surface area contributed by atoms with E-state index in [1.807, 2.05) is 18.4 Å². The van der Waals surface area contributed by atoms with Crippen molar-refractivity contribution in [2.24, 2.45) is 0 Å². The van der Waals surface area contributed by atoms with Gasteiger partial charge in [-0.2, -0.15) is 0 Å². The minimum Gasteiger partial charge on any atom is -0.312 e. The van der Waals surface area contributed by atoms with Gasteiger partial charge in [0.1, 0.15) is 0 Å². The molecule has 0 aliphatic carbocycles. The molecule has 0 amide bonds. The molecule has 1 unspecified atom stereocenters. The Labute approximate surface area is 72.4 Å². The van der Waals surface area contributed by atoms with E-state index in [0.29, 0.717) is 6.04 Å². The van der Waals surface area contributed by atoms with Crippen LogP contribution in [0.2, 0.25) is 0 Å². The predicted molar refractivity (Wildman–Crippen MR) is 51.1 cm³/mol. The van der Waals surface area contributed by atoms with Gasteiger partial charge in [0.25, 0.3) is 0 Å². The molecule has 11 heavy (non-hydrogen) atoms. The minimum absolute atomic E-state index is 0.551. The van der Waals surface area contributed by atoms with E-state index in [0.717, 1.165) is 6.42 Å². The van der Waals surface area contributed by atoms with Crippen molar-refractivity contribution in [3.63, 3.8) is 0 Å². The van der Waals surface area contributed by atoms with Gasteiger partial charge in [0.15, 0.2) is 0 Å². The molecule has 1 aromatic rings. The highest BCUT2D eigenvalue weighted by Crippen LogP contribution is 2.25. The van der Waals surface area contributed by atoms with E-state index < -0.39 is 0 Å². The quantitative estimate of drug-likeness (QED) is 0.733. The number of aryl methyl sites for hydroxylation is 1. The summed E-state index contributed by atoms with van der Waals surface area (Å²) in [4.78, 5) is 1.48. The van der Waals surface area contributed by atoms with Gasteiger partial charge in [-0.25, -0.2) is 0 Å². The molecule has 1 atom stereocenters. The molecule has 0 radical (unpaired) electrons. The Morgan fingerprint density at radius 1 is 1.64 bits per heavy atom. The Morgan fingerprint density at radius 3 is 2.73 bits per heavy atom. The highest BCUT2D eigenvalue weighted by molar-refractivity contribution is 7.10. The van der Waals surface area contributed by atoms with Gasteiger partial charge in [-0.1, -0.05) is 6.92 Å². The Hall–Kier alpha value is -0.340. The molecule has 0 fully saturated rings. The van der Waals surface area contributed by atoms with Crippen molar-refractivity contribution >= 4 is 11.3 Å². The second-order valence-corrected chi connectivity index (χ2v) is 3.67. The lowest BCUT2D eigenvalue weighted by Crippen LogP contribution is -2.14. The molecule has 1 nitrogen and oxygen atoms in total. The van der Waals surface area contributed by atoms with Gasteiger partial charge in [-0.05, 0) is 37.4 Å². The normalized spacial score (nSPS) is 13.4. The maximum absolute atomic E-state index is 3.31. The molecule has 0 aliphatic heterocycles. The van der Waals surface area contributed by atoms with Crippen LogP contribution < -0.4 is 5.32 Å². The van der Waals surface area contributed by atoms with Crippen LogP contribution in [0.25, 0.3) is 0 Å². The van der Waals surface area contributed by atoms with E-state index in [-0.39, 0.29) is 0 Å². The molecule has 1 aromatic heterocycles. The molecular formula is C9H15NS. The zero-order chi connectivity index (χ0) is 8.27. The van der Waals surface area contributed by atoms with Crippen LogP contribution in [-0.4, -0.2) is 7.05 Å². The zero-order valence-electron chi connectivity index (χ0n) is 7.35. The molecule has 0 aliphatic rings. The first-order valence-corrected chi connectivity index (χ1v) is 4.88. The van der Waals surface area contributed by atoms with Crippen molar-refractivity contribution in [2.75, 3.05) is 7.05 Å². The SMILES string of the molecule is CCC(NC)c1sccc1C. The molecule has 2 heteroatoms. The fraction of sp³-hybridized carbons (Fsp3) is 0.556. The van der Waals surface area contributed by atoms with Crippen molar-refractivity contribution < 1.29 is 0 Å². The van der Waals surface area contributed by atoms with E-state index in [2.05, 4.69) is 30.6 Å². The molecular weight excluding hydrogens is 154 g/mol. The standard InChI is InChI=1S/C9H15NS/c1-4-8(10-3)9-7(2)5-6-11-9/h5-6,8,10H,4H2,1-3H3. The van der Waals surface area contributed by atoms with Gasteiger partial charge in [0.05, 0.1) is 0 Å². The van der Waals surface area contributed by atoms with E-state index in [1.165, 1.54) is 10.4 Å². The third-order valence-corrected chi connectivity index (χ3v) is 3.11. The van der Waals surface area contributed by atoms with Gasteiger partial charge in [0, 0.05) is 10.9 Å². The van der Waals surface area contributed by atoms with Gasteiger partial charge in [-0.3, -0.25) is 0 Å². The Morgan fingerprint density at radius 2 is 2.36 bits per heavy atom. The summed E-state index contributed by atoms with van der Waals surface area (Å²) in [7, 11) is 2.02. The van der Waals surface area contributed by atoms with Gasteiger partial charge < -0.3 is 5.32 Å². The van der Waals surface area contributed by atoms with Crippen LogP contribution in [0.4, 0.5) is 0 Å². The Bertz CT molecular complexity index is 213. The first-order valence-electron chi connectivity index (χ1n) is 4.00. The average molecular weight is 169 g/mol. The lowest BCUT2D eigenvalue weighted by molar-refractivity contribution is 0.584. The summed E-state index contributed by atoms with van der Waals surface area (Å²) < 4.78 is 0. The monoisotopic (exact) mass is 169 g/mol. The zero-order valence-corrected chi connectivity index (χ0v) is 8.16. The van der Waals surface area contributed by atoms with Gasteiger partial charge in [-0.15, -0.1) is 11.3 Å². The van der Waals surface area contributed by atoms with Crippen LogP contribution in [0.5, 0.6) is 0 Å². The molecule has 1 rings (SSSR count). The number of hydrogen-bond donors (Lipinski definition) is 1. The number of rotatable bonds is 3. The Balaban J connectivity index is 2.81. The fourth-order valence-electron chi connectivity index (χ4n) is 1.26. The van der Waals surface area contributed by atoms with E-state index in [1.54, 1.807) is 0 Å². The molecule has 1 heterocycles. The fourth-order valence-corrected chi connectivity index (χ4v) is 2.38. The Kier molecular flexibility index (Phi) is 3.09. The van der Waals surface area contributed by atoms with Crippen molar-refractivity contribution in [1.29, 1.82) is 0 Å². The molecule has 0 saturated heterocycles. The van der Waals surface area contributed by atoms with Crippen molar-refractivity contribution in [1.82, 2.24) is 5.32 Å². The maximum Gasteiger partial charge on any atom is 0.0412 e. The highest BCUT2D eigenvalue weighted by atomic mass is 32.1. The van der Waals surface area contributed by atoms with Crippen LogP contribution in [0.1, 0.15) is 29.8 Å². The van der Waals surface area contributed by atoms with Gasteiger partial charge >= 0.3 is 0 Å². The average Bonchev–Trinajstić information content (AvgIpc) is 2.40. The van der Waals surface area contributed by atoms with E-state index in [9.17, 15) is 0 Å². The summed E-state index contributed by atoms with van der Waals surface area (Å²) in [5.41, 5.74) is 1.41.